The van der Waals surface area contributed by atoms with E-state index in [0.717, 1.165) is 27.6 Å². The summed E-state index contributed by atoms with van der Waals surface area (Å²) in [5.74, 6) is -0.725. The van der Waals surface area contributed by atoms with Crippen molar-refractivity contribution in [3.8, 4) is 0 Å². The fourth-order valence-electron chi connectivity index (χ4n) is 3.93. The van der Waals surface area contributed by atoms with Gasteiger partial charge in [0, 0.05) is 23.0 Å². The third-order valence-electron chi connectivity index (χ3n) is 4.85. The van der Waals surface area contributed by atoms with Crippen molar-refractivity contribution in [3.05, 3.63) is 35.4 Å². The van der Waals surface area contributed by atoms with Crippen LogP contribution in [0, 0.1) is 5.92 Å². The molecule has 0 radical (unpaired) electrons. The average molecular weight is 298 g/mol. The average Bonchev–Trinajstić information content (AvgIpc) is 2.81. The predicted octanol–water partition coefficient (Wildman–Crippen LogP) is 1.16. The molecular formula is C16H18N4O2. The number of aromatic amines is 1. The first-order chi connectivity index (χ1) is 10.5. The lowest BCUT2D eigenvalue weighted by Gasteiger charge is -2.42. The molecular weight excluding hydrogens is 280 g/mol. The largest absolute Gasteiger partial charge is 0.481 e. The van der Waals surface area contributed by atoms with Gasteiger partial charge < -0.3 is 21.6 Å². The van der Waals surface area contributed by atoms with Crippen LogP contribution in [0.15, 0.2) is 24.3 Å². The second-order valence-corrected chi connectivity index (χ2v) is 6.16. The van der Waals surface area contributed by atoms with Gasteiger partial charge in [-0.25, -0.2) is 0 Å². The first-order valence-corrected chi connectivity index (χ1v) is 7.30. The van der Waals surface area contributed by atoms with Crippen molar-refractivity contribution >= 4 is 28.3 Å². The van der Waals surface area contributed by atoms with Gasteiger partial charge in [0.05, 0.1) is 18.0 Å². The molecule has 0 fully saturated rings. The first-order valence-electron chi connectivity index (χ1n) is 7.30. The van der Waals surface area contributed by atoms with Gasteiger partial charge >= 0.3 is 5.97 Å². The SMILES string of the molecule is CN1C[C@H](C(=O)O)C=C2c3cccc4[nH]c(N)c(c34)C(N)[C@H]21. The van der Waals surface area contributed by atoms with E-state index in [4.69, 9.17) is 11.5 Å². The van der Waals surface area contributed by atoms with Gasteiger partial charge in [-0.3, -0.25) is 9.69 Å². The number of nitrogens with two attached hydrogens (primary N) is 2. The van der Waals surface area contributed by atoms with Crippen LogP contribution in [-0.4, -0.2) is 40.6 Å². The zero-order chi connectivity index (χ0) is 15.6. The second kappa shape index (κ2) is 4.34. The summed E-state index contributed by atoms with van der Waals surface area (Å²) >= 11 is 0. The number of H-pyrrole nitrogens is 1. The summed E-state index contributed by atoms with van der Waals surface area (Å²) in [6.07, 6.45) is 1.85. The van der Waals surface area contributed by atoms with E-state index in [1.165, 1.54) is 0 Å². The number of aliphatic carboxylic acids is 1. The Morgan fingerprint density at radius 1 is 1.45 bits per heavy atom. The molecule has 6 heteroatoms. The Hall–Kier alpha value is -2.31. The van der Waals surface area contributed by atoms with E-state index in [2.05, 4.69) is 4.98 Å². The number of nitrogen functional groups attached to an aromatic ring is 1. The quantitative estimate of drug-likeness (QED) is 0.632. The lowest BCUT2D eigenvalue weighted by Crippen LogP contribution is -2.48. The van der Waals surface area contributed by atoms with Crippen LogP contribution in [0.25, 0.3) is 16.5 Å². The fraction of sp³-hybridized carbons (Fsp3) is 0.312. The third-order valence-corrected chi connectivity index (χ3v) is 4.85. The molecule has 6 N–H and O–H groups in total. The van der Waals surface area contributed by atoms with Crippen molar-refractivity contribution in [2.24, 2.45) is 11.7 Å². The number of carboxylic acid groups (broad SMARTS) is 1. The van der Waals surface area contributed by atoms with Crippen LogP contribution in [0.1, 0.15) is 17.2 Å². The molecule has 2 heterocycles. The maximum atomic E-state index is 11.4. The number of fused-ring (bicyclic) bond motifs is 2. The van der Waals surface area contributed by atoms with E-state index < -0.39 is 11.9 Å². The minimum absolute atomic E-state index is 0.0493. The number of nitrogens with one attached hydrogen (secondary N) is 1. The van der Waals surface area contributed by atoms with Crippen LogP contribution in [-0.2, 0) is 4.79 Å². The highest BCUT2D eigenvalue weighted by Crippen LogP contribution is 2.46. The molecule has 2 aromatic rings. The Kier molecular flexibility index (Phi) is 2.64. The van der Waals surface area contributed by atoms with E-state index in [1.54, 1.807) is 0 Å². The third kappa shape index (κ3) is 1.59. The van der Waals surface area contributed by atoms with Crippen LogP contribution in [0.3, 0.4) is 0 Å². The second-order valence-electron chi connectivity index (χ2n) is 6.16. The number of anilines is 1. The first kappa shape index (κ1) is 13.4. The van der Waals surface area contributed by atoms with Crippen LogP contribution in [0.2, 0.25) is 0 Å². The number of carbonyl (C=O) groups is 1. The van der Waals surface area contributed by atoms with E-state index >= 15 is 0 Å². The summed E-state index contributed by atoms with van der Waals surface area (Å²) in [4.78, 5) is 16.6. The van der Waals surface area contributed by atoms with Gasteiger partial charge in [-0.05, 0) is 24.3 Å². The van der Waals surface area contributed by atoms with Gasteiger partial charge in [-0.2, -0.15) is 0 Å². The zero-order valence-corrected chi connectivity index (χ0v) is 12.2. The number of hydrogen-bond acceptors (Lipinski definition) is 4. The highest BCUT2D eigenvalue weighted by molar-refractivity contribution is 6.02. The standard InChI is InChI=1S/C16H18N4O2/c1-20-6-7(16(21)22)5-9-8-3-2-4-10-11(8)12(15(18)19-10)13(17)14(9)20/h2-5,7,13-14,19H,6,17-18H2,1H3,(H,21,22)/t7-,13?,14+/m1/s1. The van der Waals surface area contributed by atoms with Gasteiger partial charge in [0.1, 0.15) is 5.82 Å². The lowest BCUT2D eigenvalue weighted by atomic mass is 9.77. The Labute approximate surface area is 127 Å². The molecule has 3 atom stereocenters. The van der Waals surface area contributed by atoms with Crippen molar-refractivity contribution in [1.29, 1.82) is 0 Å². The fourth-order valence-corrected chi connectivity index (χ4v) is 3.93. The molecule has 1 aromatic carbocycles. The molecule has 114 valence electrons. The maximum absolute atomic E-state index is 11.4. The van der Waals surface area contributed by atoms with Crippen LogP contribution in [0.5, 0.6) is 0 Å². The van der Waals surface area contributed by atoms with E-state index in [0.29, 0.717) is 12.4 Å². The maximum Gasteiger partial charge on any atom is 0.311 e. The number of rotatable bonds is 1. The Morgan fingerprint density at radius 3 is 2.95 bits per heavy atom. The van der Waals surface area contributed by atoms with E-state index in [-0.39, 0.29) is 12.1 Å². The van der Waals surface area contributed by atoms with Gasteiger partial charge in [0.15, 0.2) is 0 Å². The zero-order valence-electron chi connectivity index (χ0n) is 12.2. The Balaban J connectivity index is 2.03. The summed E-state index contributed by atoms with van der Waals surface area (Å²) in [5, 5.41) is 10.4. The van der Waals surface area contributed by atoms with Crippen molar-refractivity contribution in [1.82, 2.24) is 9.88 Å². The summed E-state index contributed by atoms with van der Waals surface area (Å²) in [5.41, 5.74) is 16.5. The highest BCUT2D eigenvalue weighted by Gasteiger charge is 2.41. The van der Waals surface area contributed by atoms with Gasteiger partial charge in [0.2, 0.25) is 0 Å². The highest BCUT2D eigenvalue weighted by atomic mass is 16.4. The molecule has 1 aliphatic carbocycles. The smallest absolute Gasteiger partial charge is 0.311 e. The van der Waals surface area contributed by atoms with Gasteiger partial charge in [-0.15, -0.1) is 0 Å². The van der Waals surface area contributed by atoms with Crippen LogP contribution in [0.4, 0.5) is 5.82 Å². The minimum Gasteiger partial charge on any atom is -0.481 e. The van der Waals surface area contributed by atoms with Crippen molar-refractivity contribution in [2.75, 3.05) is 19.3 Å². The summed E-state index contributed by atoms with van der Waals surface area (Å²) in [6, 6.07) is 5.62. The number of likely N-dealkylation sites (N-methyl/N-ethyl adjacent to an activating group) is 1. The molecule has 0 bridgehead atoms. The van der Waals surface area contributed by atoms with Crippen molar-refractivity contribution in [3.63, 3.8) is 0 Å². The number of benzene rings is 1. The molecule has 0 saturated carbocycles. The molecule has 1 aliphatic heterocycles. The van der Waals surface area contributed by atoms with E-state index in [1.807, 2.05) is 36.2 Å². The lowest BCUT2D eigenvalue weighted by molar-refractivity contribution is -0.140. The van der Waals surface area contributed by atoms with Gasteiger partial charge in [0.25, 0.3) is 0 Å². The molecule has 0 amide bonds. The number of hydrogen-bond donors (Lipinski definition) is 4. The minimum atomic E-state index is -0.807. The number of aromatic nitrogens is 1. The topological polar surface area (TPSA) is 108 Å². The summed E-state index contributed by atoms with van der Waals surface area (Å²) < 4.78 is 0. The molecule has 22 heavy (non-hydrogen) atoms. The van der Waals surface area contributed by atoms with Crippen LogP contribution >= 0.6 is 0 Å². The Morgan fingerprint density at radius 2 is 2.23 bits per heavy atom. The molecule has 2 aliphatic rings. The predicted molar refractivity (Wildman–Crippen MR) is 85.2 cm³/mol. The normalized spacial score (nSPS) is 27.5. The molecule has 4 rings (SSSR count). The van der Waals surface area contributed by atoms with Crippen molar-refractivity contribution < 1.29 is 9.90 Å². The number of nitrogens with zero attached hydrogens (tertiary/aromatic N) is 1. The van der Waals surface area contributed by atoms with Crippen molar-refractivity contribution in [2.45, 2.75) is 12.1 Å². The molecule has 6 nitrogen and oxygen atoms in total. The Bertz CT molecular complexity index is 823. The molecule has 1 unspecified atom stereocenters. The molecule has 0 saturated heterocycles. The molecule has 0 spiro atoms. The monoisotopic (exact) mass is 298 g/mol. The molecule has 1 aromatic heterocycles. The van der Waals surface area contributed by atoms with Crippen LogP contribution < -0.4 is 11.5 Å². The van der Waals surface area contributed by atoms with Gasteiger partial charge in [-0.1, -0.05) is 18.2 Å². The summed E-state index contributed by atoms with van der Waals surface area (Å²) in [6.45, 7) is 0.451. The summed E-state index contributed by atoms with van der Waals surface area (Å²) in [7, 11) is 1.92. The number of carboxylic acids is 1. The van der Waals surface area contributed by atoms with E-state index in [9.17, 15) is 9.90 Å².